The van der Waals surface area contributed by atoms with E-state index >= 15 is 0 Å². The van der Waals surface area contributed by atoms with Gasteiger partial charge in [0.25, 0.3) is 11.8 Å². The van der Waals surface area contributed by atoms with Gasteiger partial charge in [0.1, 0.15) is 17.3 Å². The van der Waals surface area contributed by atoms with Crippen LogP contribution in [0.15, 0.2) is 54.2 Å². The normalized spacial score (nSPS) is 17.9. The van der Waals surface area contributed by atoms with Crippen molar-refractivity contribution in [3.05, 3.63) is 71.2 Å². The molecule has 2 amide bonds. The Bertz CT molecular complexity index is 1040. The smallest absolute Gasteiger partial charge is 0.278 e. The van der Waals surface area contributed by atoms with E-state index in [1.54, 1.807) is 25.3 Å². The largest absolute Gasteiger partial charge is 0.496 e. The molecule has 6 nitrogen and oxygen atoms in total. The standard InChI is InChI=1S/C25H28FN3O3/c1-27-14-12-20(13-15-27)28(2)23-22(17-8-10-19(26)11-9-17)24(30)29(25(23)31)16-18-6-4-5-7-21(18)32-3/h4-11,20H,12-16H2,1-3H3. The first-order valence-corrected chi connectivity index (χ1v) is 10.8. The second kappa shape index (κ2) is 9.12. The molecule has 1 fully saturated rings. The summed E-state index contributed by atoms with van der Waals surface area (Å²) < 4.78 is 19.0. The van der Waals surface area contributed by atoms with Crippen LogP contribution in [0.3, 0.4) is 0 Å². The number of benzene rings is 2. The molecule has 0 unspecified atom stereocenters. The number of ether oxygens (including phenoxy) is 1. The van der Waals surface area contributed by atoms with Gasteiger partial charge in [0.05, 0.1) is 19.2 Å². The van der Waals surface area contributed by atoms with Gasteiger partial charge < -0.3 is 14.5 Å². The molecule has 0 radical (unpaired) electrons. The van der Waals surface area contributed by atoms with Crippen molar-refractivity contribution in [1.82, 2.24) is 14.7 Å². The Morgan fingerprint density at radius 3 is 2.34 bits per heavy atom. The average Bonchev–Trinajstić information content (AvgIpc) is 3.05. The molecule has 2 aromatic rings. The van der Waals surface area contributed by atoms with Gasteiger partial charge >= 0.3 is 0 Å². The molecule has 168 valence electrons. The highest BCUT2D eigenvalue weighted by Crippen LogP contribution is 2.35. The van der Waals surface area contributed by atoms with Gasteiger partial charge in [-0.15, -0.1) is 0 Å². The molecule has 0 aliphatic carbocycles. The lowest BCUT2D eigenvalue weighted by molar-refractivity contribution is -0.138. The van der Waals surface area contributed by atoms with Crippen molar-refractivity contribution in [1.29, 1.82) is 0 Å². The van der Waals surface area contributed by atoms with Crippen LogP contribution in [0.25, 0.3) is 5.57 Å². The van der Waals surface area contributed by atoms with E-state index in [0.717, 1.165) is 31.5 Å². The zero-order valence-electron chi connectivity index (χ0n) is 18.7. The number of methoxy groups -OCH3 is 1. The van der Waals surface area contributed by atoms with Crippen molar-refractivity contribution in [3.63, 3.8) is 0 Å². The molecule has 4 rings (SSSR count). The summed E-state index contributed by atoms with van der Waals surface area (Å²) in [6, 6.07) is 13.2. The predicted octanol–water partition coefficient (Wildman–Crippen LogP) is 3.14. The zero-order chi connectivity index (χ0) is 22.8. The molecule has 0 aromatic heterocycles. The highest BCUT2D eigenvalue weighted by atomic mass is 19.1. The number of rotatable bonds is 6. The monoisotopic (exact) mass is 437 g/mol. The van der Waals surface area contributed by atoms with E-state index in [1.165, 1.54) is 17.0 Å². The average molecular weight is 438 g/mol. The topological polar surface area (TPSA) is 53.1 Å². The van der Waals surface area contributed by atoms with Crippen LogP contribution in [0.4, 0.5) is 4.39 Å². The van der Waals surface area contributed by atoms with E-state index < -0.39 is 0 Å². The van der Waals surface area contributed by atoms with Gasteiger partial charge in [-0.25, -0.2) is 4.39 Å². The summed E-state index contributed by atoms with van der Waals surface area (Å²) in [6.45, 7) is 1.97. The molecule has 32 heavy (non-hydrogen) atoms. The van der Waals surface area contributed by atoms with Gasteiger partial charge in [-0.3, -0.25) is 14.5 Å². The number of halogens is 1. The van der Waals surface area contributed by atoms with Gasteiger partial charge in [0, 0.05) is 18.7 Å². The van der Waals surface area contributed by atoms with Crippen LogP contribution < -0.4 is 4.74 Å². The summed E-state index contributed by atoms with van der Waals surface area (Å²) in [6.07, 6.45) is 1.81. The fourth-order valence-corrected chi connectivity index (χ4v) is 4.48. The molecular formula is C25H28FN3O3. The number of amides is 2. The van der Waals surface area contributed by atoms with Crippen molar-refractivity contribution >= 4 is 17.4 Å². The third-order valence-electron chi connectivity index (χ3n) is 6.39. The number of imide groups is 1. The number of carbonyl (C=O) groups is 2. The molecule has 2 aromatic carbocycles. The maximum Gasteiger partial charge on any atom is 0.278 e. The maximum atomic E-state index is 13.6. The Morgan fingerprint density at radius 2 is 1.69 bits per heavy atom. The molecule has 7 heteroatoms. The van der Waals surface area contributed by atoms with Gasteiger partial charge in [0.15, 0.2) is 0 Å². The Hall–Kier alpha value is -3.19. The lowest BCUT2D eigenvalue weighted by atomic mass is 10.00. The van der Waals surface area contributed by atoms with Crippen molar-refractivity contribution < 1.29 is 18.7 Å². The summed E-state index contributed by atoms with van der Waals surface area (Å²) in [5.74, 6) is -0.472. The minimum Gasteiger partial charge on any atom is -0.496 e. The molecule has 0 atom stereocenters. The van der Waals surface area contributed by atoms with E-state index in [4.69, 9.17) is 4.74 Å². The number of nitrogens with zero attached hydrogens (tertiary/aromatic N) is 3. The molecule has 0 N–H and O–H groups in total. The molecule has 1 saturated heterocycles. The summed E-state index contributed by atoms with van der Waals surface area (Å²) in [5, 5.41) is 0. The van der Waals surface area contributed by atoms with Crippen molar-refractivity contribution in [2.75, 3.05) is 34.3 Å². The number of hydrogen-bond donors (Lipinski definition) is 0. The molecular weight excluding hydrogens is 409 g/mol. The SMILES string of the molecule is COc1ccccc1CN1C(=O)C(c2ccc(F)cc2)=C(N(C)C2CCN(C)CC2)C1=O. The quantitative estimate of drug-likeness (QED) is 0.650. The van der Waals surface area contributed by atoms with Crippen molar-refractivity contribution in [3.8, 4) is 5.75 Å². The highest BCUT2D eigenvalue weighted by Gasteiger charge is 2.42. The maximum absolute atomic E-state index is 13.6. The fraction of sp³-hybridized carbons (Fsp3) is 0.360. The van der Waals surface area contributed by atoms with Crippen molar-refractivity contribution in [2.24, 2.45) is 0 Å². The van der Waals surface area contributed by atoms with E-state index in [0.29, 0.717) is 22.6 Å². The number of carbonyl (C=O) groups excluding carboxylic acids is 2. The second-order valence-electron chi connectivity index (χ2n) is 8.38. The van der Waals surface area contributed by atoms with Crippen LogP contribution in [0.2, 0.25) is 0 Å². The van der Waals surface area contributed by atoms with E-state index in [1.807, 2.05) is 30.1 Å². The molecule has 0 spiro atoms. The molecule has 2 aliphatic rings. The third-order valence-corrected chi connectivity index (χ3v) is 6.39. The summed E-state index contributed by atoms with van der Waals surface area (Å²) in [7, 11) is 5.53. The number of likely N-dealkylation sites (tertiary alicyclic amines) is 1. The molecule has 0 bridgehead atoms. The highest BCUT2D eigenvalue weighted by molar-refractivity contribution is 6.35. The fourth-order valence-electron chi connectivity index (χ4n) is 4.48. The number of hydrogen-bond acceptors (Lipinski definition) is 5. The van der Waals surface area contributed by atoms with Crippen LogP contribution in [-0.4, -0.2) is 66.9 Å². The number of para-hydroxylation sites is 1. The first-order chi connectivity index (χ1) is 15.4. The predicted molar refractivity (Wildman–Crippen MR) is 120 cm³/mol. The number of likely N-dealkylation sites (N-methyl/N-ethyl adjacent to an activating group) is 1. The van der Waals surface area contributed by atoms with E-state index in [9.17, 15) is 14.0 Å². The Morgan fingerprint density at radius 1 is 1.03 bits per heavy atom. The lowest BCUT2D eigenvalue weighted by Crippen LogP contribution is -2.43. The van der Waals surface area contributed by atoms with Crippen LogP contribution in [-0.2, 0) is 16.1 Å². The Kier molecular flexibility index (Phi) is 6.28. The second-order valence-corrected chi connectivity index (χ2v) is 8.38. The van der Waals surface area contributed by atoms with Gasteiger partial charge in [-0.2, -0.15) is 0 Å². The first kappa shape index (κ1) is 22.0. The van der Waals surface area contributed by atoms with Crippen molar-refractivity contribution in [2.45, 2.75) is 25.4 Å². The Labute approximate surface area is 187 Å². The third kappa shape index (κ3) is 4.12. The first-order valence-electron chi connectivity index (χ1n) is 10.8. The van der Waals surface area contributed by atoms with E-state index in [-0.39, 0.29) is 30.2 Å². The van der Waals surface area contributed by atoms with Crippen LogP contribution >= 0.6 is 0 Å². The Balaban J connectivity index is 1.72. The van der Waals surface area contributed by atoms with Crippen LogP contribution in [0.5, 0.6) is 5.75 Å². The number of piperidine rings is 1. The van der Waals surface area contributed by atoms with Crippen LogP contribution in [0, 0.1) is 5.82 Å². The van der Waals surface area contributed by atoms with Gasteiger partial charge in [-0.05, 0) is 56.7 Å². The minimum absolute atomic E-state index is 0.108. The summed E-state index contributed by atoms with van der Waals surface area (Å²) in [5.41, 5.74) is 2.00. The molecule has 0 saturated carbocycles. The summed E-state index contributed by atoms with van der Waals surface area (Å²) >= 11 is 0. The summed E-state index contributed by atoms with van der Waals surface area (Å²) in [4.78, 5) is 32.6. The zero-order valence-corrected chi connectivity index (χ0v) is 18.7. The molecule has 2 heterocycles. The van der Waals surface area contributed by atoms with E-state index in [2.05, 4.69) is 11.9 Å². The van der Waals surface area contributed by atoms with Gasteiger partial charge in [-0.1, -0.05) is 30.3 Å². The minimum atomic E-state index is -0.387. The lowest BCUT2D eigenvalue weighted by Gasteiger charge is -2.36. The van der Waals surface area contributed by atoms with Crippen LogP contribution in [0.1, 0.15) is 24.0 Å². The molecule has 2 aliphatic heterocycles. The van der Waals surface area contributed by atoms with Gasteiger partial charge in [0.2, 0.25) is 0 Å².